The zero-order valence-electron chi connectivity index (χ0n) is 11.9. The minimum Gasteiger partial charge on any atom is -0.494 e. The van der Waals surface area contributed by atoms with Gasteiger partial charge in [-0.1, -0.05) is 0 Å². The Morgan fingerprint density at radius 2 is 1.57 bits per heavy atom. The fourth-order valence-electron chi connectivity index (χ4n) is 1.83. The summed E-state index contributed by atoms with van der Waals surface area (Å²) in [5, 5.41) is 23.8. The maximum atomic E-state index is 12.1. The van der Waals surface area contributed by atoms with Crippen molar-refractivity contribution >= 4 is 23.0 Å². The molecule has 2 aromatic carbocycles. The molecule has 1 amide bonds. The molecule has 9 nitrogen and oxygen atoms in total. The van der Waals surface area contributed by atoms with Crippen molar-refractivity contribution in [1.82, 2.24) is 0 Å². The molecule has 0 aromatic heterocycles. The largest absolute Gasteiger partial charge is 0.494 e. The molecular weight excluding hydrogens is 306 g/mol. The van der Waals surface area contributed by atoms with Gasteiger partial charge in [-0.05, 0) is 18.2 Å². The molecule has 0 aliphatic carbocycles. The normalized spacial score (nSPS) is 9.96. The zero-order chi connectivity index (χ0) is 17.0. The van der Waals surface area contributed by atoms with Gasteiger partial charge >= 0.3 is 0 Å². The lowest BCUT2D eigenvalue weighted by atomic mass is 10.2. The Morgan fingerprint density at radius 1 is 1.00 bits per heavy atom. The van der Waals surface area contributed by atoms with Gasteiger partial charge < -0.3 is 10.1 Å². The number of rotatable bonds is 5. The predicted octanol–water partition coefficient (Wildman–Crippen LogP) is 2.76. The third-order valence-corrected chi connectivity index (χ3v) is 2.98. The van der Waals surface area contributed by atoms with Gasteiger partial charge in [-0.3, -0.25) is 25.0 Å². The smallest absolute Gasteiger partial charge is 0.273 e. The second kappa shape index (κ2) is 6.52. The van der Waals surface area contributed by atoms with E-state index in [2.05, 4.69) is 5.32 Å². The van der Waals surface area contributed by atoms with Crippen LogP contribution in [0.1, 0.15) is 10.4 Å². The topological polar surface area (TPSA) is 125 Å². The van der Waals surface area contributed by atoms with Crippen molar-refractivity contribution in [3.8, 4) is 5.75 Å². The van der Waals surface area contributed by atoms with Crippen molar-refractivity contribution in [2.75, 3.05) is 12.4 Å². The molecule has 0 saturated heterocycles. The molecular formula is C14H11N3O6. The summed E-state index contributed by atoms with van der Waals surface area (Å²) in [7, 11) is 1.32. The minimum atomic E-state index is -0.579. The van der Waals surface area contributed by atoms with E-state index in [1.165, 1.54) is 49.6 Å². The lowest BCUT2D eigenvalue weighted by Gasteiger charge is -2.10. The van der Waals surface area contributed by atoms with Gasteiger partial charge in [0.25, 0.3) is 17.3 Å². The van der Waals surface area contributed by atoms with Crippen molar-refractivity contribution in [3.05, 3.63) is 68.3 Å². The van der Waals surface area contributed by atoms with E-state index in [-0.39, 0.29) is 28.4 Å². The monoisotopic (exact) mass is 317 g/mol. The van der Waals surface area contributed by atoms with Gasteiger partial charge in [0.15, 0.2) is 0 Å². The van der Waals surface area contributed by atoms with E-state index < -0.39 is 15.8 Å². The molecule has 0 atom stereocenters. The van der Waals surface area contributed by atoms with E-state index >= 15 is 0 Å². The first-order chi connectivity index (χ1) is 10.9. The van der Waals surface area contributed by atoms with Gasteiger partial charge in [0.2, 0.25) is 0 Å². The summed E-state index contributed by atoms with van der Waals surface area (Å²) in [6, 6.07) is 8.81. The summed E-state index contributed by atoms with van der Waals surface area (Å²) >= 11 is 0. The first-order valence-electron chi connectivity index (χ1n) is 6.30. The van der Waals surface area contributed by atoms with Crippen LogP contribution in [-0.4, -0.2) is 22.9 Å². The third kappa shape index (κ3) is 3.59. The number of nitrogens with one attached hydrogen (secondary N) is 1. The van der Waals surface area contributed by atoms with Crippen molar-refractivity contribution in [1.29, 1.82) is 0 Å². The van der Waals surface area contributed by atoms with Crippen LogP contribution in [-0.2, 0) is 0 Å². The van der Waals surface area contributed by atoms with E-state index in [1.807, 2.05) is 0 Å². The number of hydrogen-bond acceptors (Lipinski definition) is 6. The number of methoxy groups -OCH3 is 1. The average Bonchev–Trinajstić information content (AvgIpc) is 2.55. The van der Waals surface area contributed by atoms with Crippen LogP contribution in [0.5, 0.6) is 5.75 Å². The van der Waals surface area contributed by atoms with Gasteiger partial charge in [0.05, 0.1) is 28.7 Å². The van der Waals surface area contributed by atoms with Crippen molar-refractivity contribution in [2.24, 2.45) is 0 Å². The standard InChI is InChI=1S/C14H11N3O6/c1-23-13-8-11(17(21)22)6-7-12(13)15-14(18)9-2-4-10(5-3-9)16(19)20/h2-8H,1H3,(H,15,18). The highest BCUT2D eigenvalue weighted by atomic mass is 16.6. The maximum Gasteiger partial charge on any atom is 0.273 e. The number of amides is 1. The molecule has 0 radical (unpaired) electrons. The predicted molar refractivity (Wildman–Crippen MR) is 80.7 cm³/mol. The molecule has 9 heteroatoms. The lowest BCUT2D eigenvalue weighted by Crippen LogP contribution is -2.12. The summed E-state index contributed by atoms with van der Waals surface area (Å²) in [6.07, 6.45) is 0. The number of anilines is 1. The highest BCUT2D eigenvalue weighted by molar-refractivity contribution is 6.05. The molecule has 118 valence electrons. The fourth-order valence-corrected chi connectivity index (χ4v) is 1.83. The van der Waals surface area contributed by atoms with E-state index in [1.54, 1.807) is 0 Å². The molecule has 0 spiro atoms. The first kappa shape index (κ1) is 15.9. The Balaban J connectivity index is 2.22. The number of benzene rings is 2. The molecule has 0 aliphatic rings. The van der Waals surface area contributed by atoms with Crippen LogP contribution in [0, 0.1) is 20.2 Å². The first-order valence-corrected chi connectivity index (χ1v) is 6.30. The summed E-state index contributed by atoms with van der Waals surface area (Å²) < 4.78 is 5.02. The molecule has 0 heterocycles. The SMILES string of the molecule is COc1cc([N+](=O)[O-])ccc1NC(=O)c1ccc([N+](=O)[O-])cc1. The maximum absolute atomic E-state index is 12.1. The molecule has 0 bridgehead atoms. The highest BCUT2D eigenvalue weighted by Crippen LogP contribution is 2.29. The number of nitro groups is 2. The van der Waals surface area contributed by atoms with Crippen LogP contribution >= 0.6 is 0 Å². The Morgan fingerprint density at radius 3 is 2.09 bits per heavy atom. The molecule has 0 saturated carbocycles. The molecule has 2 aromatic rings. The van der Waals surface area contributed by atoms with E-state index in [0.29, 0.717) is 0 Å². The Labute approximate surface area is 129 Å². The number of ether oxygens (including phenoxy) is 1. The summed E-state index contributed by atoms with van der Waals surface area (Å²) in [6.45, 7) is 0. The number of nitrogens with zero attached hydrogens (tertiary/aromatic N) is 2. The van der Waals surface area contributed by atoms with E-state index in [9.17, 15) is 25.0 Å². The van der Waals surface area contributed by atoms with Gasteiger partial charge in [-0.2, -0.15) is 0 Å². The Hall–Kier alpha value is -3.49. The Kier molecular flexibility index (Phi) is 4.50. The quantitative estimate of drug-likeness (QED) is 0.667. The second-order valence-electron chi connectivity index (χ2n) is 4.40. The molecule has 2 rings (SSSR count). The molecule has 0 fully saturated rings. The van der Waals surface area contributed by atoms with Crippen LogP contribution in [0.2, 0.25) is 0 Å². The number of carbonyl (C=O) groups is 1. The van der Waals surface area contributed by atoms with Crippen LogP contribution in [0.15, 0.2) is 42.5 Å². The molecule has 0 aliphatic heterocycles. The number of non-ortho nitro benzene ring substituents is 2. The number of hydrogen-bond donors (Lipinski definition) is 1. The van der Waals surface area contributed by atoms with Gasteiger partial charge in [0.1, 0.15) is 5.75 Å². The summed E-state index contributed by atoms with van der Waals surface area (Å²) in [5.41, 5.74) is 0.155. The molecule has 1 N–H and O–H groups in total. The van der Waals surface area contributed by atoms with Crippen LogP contribution in [0.25, 0.3) is 0 Å². The van der Waals surface area contributed by atoms with Crippen molar-refractivity contribution in [3.63, 3.8) is 0 Å². The summed E-state index contributed by atoms with van der Waals surface area (Å²) in [5.74, 6) is -0.387. The number of carbonyl (C=O) groups excluding carboxylic acids is 1. The van der Waals surface area contributed by atoms with Gasteiger partial charge in [0, 0.05) is 23.8 Å². The van der Waals surface area contributed by atoms with Crippen LogP contribution < -0.4 is 10.1 Å². The molecule has 23 heavy (non-hydrogen) atoms. The minimum absolute atomic E-state index is 0.130. The Bertz CT molecular complexity index is 773. The average molecular weight is 317 g/mol. The summed E-state index contributed by atoms with van der Waals surface area (Å²) in [4.78, 5) is 32.3. The van der Waals surface area contributed by atoms with Crippen molar-refractivity contribution in [2.45, 2.75) is 0 Å². The number of nitro benzene ring substituents is 2. The highest BCUT2D eigenvalue weighted by Gasteiger charge is 2.15. The fraction of sp³-hybridized carbons (Fsp3) is 0.0714. The zero-order valence-corrected chi connectivity index (χ0v) is 11.9. The van der Waals surface area contributed by atoms with Gasteiger partial charge in [-0.25, -0.2) is 0 Å². The second-order valence-corrected chi connectivity index (χ2v) is 4.40. The molecule has 0 unspecified atom stereocenters. The third-order valence-electron chi connectivity index (χ3n) is 2.98. The van der Waals surface area contributed by atoms with E-state index in [4.69, 9.17) is 4.74 Å². The lowest BCUT2D eigenvalue weighted by molar-refractivity contribution is -0.385. The van der Waals surface area contributed by atoms with E-state index in [0.717, 1.165) is 0 Å². The van der Waals surface area contributed by atoms with Gasteiger partial charge in [-0.15, -0.1) is 0 Å². The van der Waals surface area contributed by atoms with Crippen molar-refractivity contribution < 1.29 is 19.4 Å². The van der Waals surface area contributed by atoms with Crippen LogP contribution in [0.3, 0.4) is 0 Å². The van der Waals surface area contributed by atoms with Crippen LogP contribution in [0.4, 0.5) is 17.1 Å².